The van der Waals surface area contributed by atoms with Crippen molar-refractivity contribution in [1.29, 1.82) is 0 Å². The molecule has 1 N–H and O–H groups in total. The molecule has 0 saturated heterocycles. The third-order valence-electron chi connectivity index (χ3n) is 0. The van der Waals surface area contributed by atoms with Crippen molar-refractivity contribution >= 4 is 0 Å². The summed E-state index contributed by atoms with van der Waals surface area (Å²) in [6, 6.07) is 0. The number of alkyl halides is 2. The van der Waals surface area contributed by atoms with Gasteiger partial charge in [0.15, 0.2) is 0 Å². The second-order valence-corrected chi connectivity index (χ2v) is 0.101. The van der Waals surface area contributed by atoms with Crippen molar-refractivity contribution in [3.05, 3.63) is 0 Å². The van der Waals surface area contributed by atoms with E-state index in [-0.39, 0.29) is 0 Å². The average molecular weight is 84.1 g/mol. The molecule has 34 valence electrons. The van der Waals surface area contributed by atoms with E-state index in [0.29, 0.717) is 0 Å². The van der Waals surface area contributed by atoms with Gasteiger partial charge in [0, 0.05) is 7.11 Å². The number of rotatable bonds is 0. The second kappa shape index (κ2) is 45.2. The average Bonchev–Trinajstić information content (AvgIpc) is 1.46. The van der Waals surface area contributed by atoms with Crippen LogP contribution in [0, 0.1) is 0 Å². The third kappa shape index (κ3) is 391. The molecule has 0 aromatic rings. The lowest BCUT2D eigenvalue weighted by Crippen LogP contribution is -1.34. The van der Waals surface area contributed by atoms with Gasteiger partial charge in [0.2, 0.25) is 6.93 Å². The van der Waals surface area contributed by atoms with Crippen molar-refractivity contribution in [2.24, 2.45) is 0 Å². The van der Waals surface area contributed by atoms with E-state index in [1.54, 1.807) is 0 Å². The highest BCUT2D eigenvalue weighted by molar-refractivity contribution is 3.57. The molecule has 0 bridgehead atoms. The van der Waals surface area contributed by atoms with Gasteiger partial charge in [-0.15, -0.1) is 0 Å². The molecule has 3 heteroatoms. The first-order valence-corrected chi connectivity index (χ1v) is 0.982. The highest BCUT2D eigenvalue weighted by Gasteiger charge is 1.44. The molecule has 0 aromatic heterocycles. The normalized spacial score (nSPS) is 4.80. The predicted molar refractivity (Wildman–Crippen MR) is 15.2 cm³/mol. The maximum absolute atomic E-state index is 9.62. The molecule has 1 nitrogen and oxygen atoms in total. The van der Waals surface area contributed by atoms with Gasteiger partial charge >= 0.3 is 0 Å². The first-order valence-electron chi connectivity index (χ1n) is 0.982. The first kappa shape index (κ1) is 8.84. The molecule has 0 aliphatic carbocycles. The molecule has 0 aliphatic rings. The number of aliphatic hydroxyl groups is 1. The van der Waals surface area contributed by atoms with Crippen LogP contribution in [-0.4, -0.2) is 19.1 Å². The van der Waals surface area contributed by atoms with Crippen LogP contribution in [0.1, 0.15) is 0 Å². The summed E-state index contributed by atoms with van der Waals surface area (Å²) < 4.78 is 19.2. The Kier molecular flexibility index (Phi) is 79.9. The van der Waals surface area contributed by atoms with Crippen LogP contribution in [-0.2, 0) is 0 Å². The summed E-state index contributed by atoms with van der Waals surface area (Å²) in [5, 5.41) is 7.00. The molecule has 0 fully saturated rings. The van der Waals surface area contributed by atoms with E-state index >= 15 is 0 Å². The van der Waals surface area contributed by atoms with E-state index < -0.39 is 6.93 Å². The van der Waals surface area contributed by atoms with Crippen molar-refractivity contribution in [3.8, 4) is 0 Å². The minimum atomic E-state index is -1.75. The minimum absolute atomic E-state index is 1.00. The van der Waals surface area contributed by atoms with Gasteiger partial charge in [0.25, 0.3) is 0 Å². The molecule has 0 rings (SSSR count). The summed E-state index contributed by atoms with van der Waals surface area (Å²) in [5.41, 5.74) is 0. The molecular weight excluding hydrogens is 78.0 g/mol. The Bertz CT molecular complexity index is 7.61. The Morgan fingerprint density at radius 1 is 1.40 bits per heavy atom. The van der Waals surface area contributed by atoms with Crippen molar-refractivity contribution in [2.45, 2.75) is 0 Å². The smallest absolute Gasteiger partial charge is 0.229 e. The van der Waals surface area contributed by atoms with Crippen LogP contribution in [0.3, 0.4) is 0 Å². The lowest BCUT2D eigenvalue weighted by molar-refractivity contribution is 0.295. The van der Waals surface area contributed by atoms with Crippen molar-refractivity contribution < 1.29 is 13.9 Å². The summed E-state index contributed by atoms with van der Waals surface area (Å²) in [7, 11) is 1.00. The van der Waals surface area contributed by atoms with Crippen LogP contribution in [0.25, 0.3) is 0 Å². The highest BCUT2D eigenvalue weighted by Crippen LogP contribution is 1.56. The zero-order chi connectivity index (χ0) is 4.71. The maximum atomic E-state index is 9.62. The zero-order valence-corrected chi connectivity index (χ0v) is 2.91. The lowest BCUT2D eigenvalue weighted by atomic mass is 11.7. The lowest BCUT2D eigenvalue weighted by Gasteiger charge is -1.42. The zero-order valence-electron chi connectivity index (χ0n) is 2.91. The first-order chi connectivity index (χ1) is 2.41. The maximum Gasteiger partial charge on any atom is 0.229 e. The summed E-state index contributed by atoms with van der Waals surface area (Å²) >= 11 is 0. The van der Waals surface area contributed by atoms with Crippen LogP contribution in [0.2, 0.25) is 0 Å². The third-order valence-corrected chi connectivity index (χ3v) is 0. The fraction of sp³-hybridized carbons (Fsp3) is 1.00. The van der Waals surface area contributed by atoms with Crippen LogP contribution in [0.5, 0.6) is 0 Å². The van der Waals surface area contributed by atoms with E-state index in [1.807, 2.05) is 0 Å². The molecule has 0 unspecified atom stereocenters. The number of halogens is 2. The summed E-state index contributed by atoms with van der Waals surface area (Å²) in [6.45, 7) is -1.75. The molecule has 0 radical (unpaired) electrons. The Labute approximate surface area is 29.2 Å². The quantitative estimate of drug-likeness (QED) is 0.453. The molecule has 0 saturated carbocycles. The topological polar surface area (TPSA) is 20.2 Å². The summed E-state index contributed by atoms with van der Waals surface area (Å²) in [4.78, 5) is 0. The number of aliphatic hydroxyl groups excluding tert-OH is 1. The van der Waals surface area contributed by atoms with Gasteiger partial charge in [0.1, 0.15) is 0 Å². The fourth-order valence-electron chi connectivity index (χ4n) is 0. The van der Waals surface area contributed by atoms with E-state index in [4.69, 9.17) is 5.11 Å². The van der Waals surface area contributed by atoms with Gasteiger partial charge < -0.3 is 5.11 Å². The largest absolute Gasteiger partial charge is 0.400 e. The van der Waals surface area contributed by atoms with Crippen molar-refractivity contribution in [1.82, 2.24) is 0 Å². The van der Waals surface area contributed by atoms with Crippen molar-refractivity contribution in [2.75, 3.05) is 14.0 Å². The SMILES string of the molecule is CO.FCF. The van der Waals surface area contributed by atoms with Crippen LogP contribution >= 0.6 is 0 Å². The standard InChI is InChI=1S/CH2F2.CH4O/c2-1-3;1-2/h1H2;2H,1H3. The van der Waals surface area contributed by atoms with Crippen LogP contribution < -0.4 is 0 Å². The predicted octanol–water partition coefficient (Wildman–Crippen LogP) is 0.491. The summed E-state index contributed by atoms with van der Waals surface area (Å²) in [5.74, 6) is 0. The second-order valence-electron chi connectivity index (χ2n) is 0.101. The Hall–Kier alpha value is -0.180. The van der Waals surface area contributed by atoms with Crippen LogP contribution in [0.4, 0.5) is 8.78 Å². The van der Waals surface area contributed by atoms with E-state index in [0.717, 1.165) is 7.11 Å². The number of hydrogen-bond acceptors (Lipinski definition) is 1. The van der Waals surface area contributed by atoms with Gasteiger partial charge in [-0.2, -0.15) is 0 Å². The van der Waals surface area contributed by atoms with E-state index in [1.165, 1.54) is 0 Å². The van der Waals surface area contributed by atoms with Gasteiger partial charge in [-0.25, -0.2) is 8.78 Å². The Balaban J connectivity index is 0. The molecule has 0 spiro atoms. The van der Waals surface area contributed by atoms with Gasteiger partial charge in [-0.05, 0) is 0 Å². The van der Waals surface area contributed by atoms with E-state index in [2.05, 4.69) is 0 Å². The van der Waals surface area contributed by atoms with E-state index in [9.17, 15) is 8.78 Å². The van der Waals surface area contributed by atoms with Crippen molar-refractivity contribution in [3.63, 3.8) is 0 Å². The van der Waals surface area contributed by atoms with Gasteiger partial charge in [-0.3, -0.25) is 0 Å². The molecule has 0 aliphatic heterocycles. The fourth-order valence-corrected chi connectivity index (χ4v) is 0. The molecule has 0 aromatic carbocycles. The Morgan fingerprint density at radius 3 is 1.40 bits per heavy atom. The minimum Gasteiger partial charge on any atom is -0.400 e. The summed E-state index contributed by atoms with van der Waals surface area (Å²) in [6.07, 6.45) is 0. The molecule has 5 heavy (non-hydrogen) atoms. The highest BCUT2D eigenvalue weighted by atomic mass is 19.3. The molecule has 0 amide bonds. The molecular formula is C2H6F2O. The monoisotopic (exact) mass is 84.0 g/mol. The number of hydrogen-bond donors (Lipinski definition) is 1. The van der Waals surface area contributed by atoms with Gasteiger partial charge in [0.05, 0.1) is 0 Å². The van der Waals surface area contributed by atoms with Gasteiger partial charge in [-0.1, -0.05) is 0 Å². The molecule has 0 atom stereocenters. The molecule has 0 heterocycles. The van der Waals surface area contributed by atoms with Crippen LogP contribution in [0.15, 0.2) is 0 Å². The Morgan fingerprint density at radius 2 is 1.40 bits per heavy atom.